The number of nitrogens with zero attached hydrogens (tertiary/aromatic N) is 2. The van der Waals surface area contributed by atoms with Gasteiger partial charge in [-0.05, 0) is 43.9 Å². The van der Waals surface area contributed by atoms with Crippen molar-refractivity contribution < 1.29 is 0 Å². The van der Waals surface area contributed by atoms with Crippen molar-refractivity contribution in [3.05, 3.63) is 89.0 Å². The van der Waals surface area contributed by atoms with Crippen LogP contribution in [0.2, 0.25) is 0 Å². The van der Waals surface area contributed by atoms with E-state index >= 15 is 0 Å². The number of hydrogen-bond acceptors (Lipinski definition) is 2. The predicted molar refractivity (Wildman–Crippen MR) is 100 cm³/mol. The summed E-state index contributed by atoms with van der Waals surface area (Å²) in [5.41, 5.74) is 6.42. The highest BCUT2D eigenvalue weighted by Crippen LogP contribution is 2.38. The van der Waals surface area contributed by atoms with Crippen LogP contribution in [0.5, 0.6) is 0 Å². The quantitative estimate of drug-likeness (QED) is 0.541. The molecule has 0 radical (unpaired) electrons. The van der Waals surface area contributed by atoms with Gasteiger partial charge in [0.25, 0.3) is 0 Å². The monoisotopic (exact) mass is 316 g/mol. The summed E-state index contributed by atoms with van der Waals surface area (Å²) in [7, 11) is 0. The van der Waals surface area contributed by atoms with E-state index in [-0.39, 0.29) is 6.04 Å². The zero-order valence-corrected chi connectivity index (χ0v) is 14.6. The fourth-order valence-electron chi connectivity index (χ4n) is 3.25. The Kier molecular flexibility index (Phi) is 5.05. The van der Waals surface area contributed by atoms with Crippen LogP contribution < -0.4 is 0 Å². The molecular weight excluding hydrogens is 292 g/mol. The van der Waals surface area contributed by atoms with Crippen molar-refractivity contribution in [3.63, 3.8) is 0 Å². The lowest BCUT2D eigenvalue weighted by Crippen LogP contribution is -2.04. The fourth-order valence-corrected chi connectivity index (χ4v) is 3.25. The summed E-state index contributed by atoms with van der Waals surface area (Å²) < 4.78 is 0. The minimum absolute atomic E-state index is 0.0538. The van der Waals surface area contributed by atoms with Crippen LogP contribution in [-0.2, 0) is 0 Å². The zero-order chi connectivity index (χ0) is 16.9. The lowest BCUT2D eigenvalue weighted by atomic mass is 9.90. The molecule has 122 valence electrons. The van der Waals surface area contributed by atoms with E-state index in [1.807, 2.05) is 36.4 Å². The minimum Gasteiger partial charge on any atom is -0.180 e. The van der Waals surface area contributed by atoms with Gasteiger partial charge in [0.1, 0.15) is 0 Å². The third-order valence-electron chi connectivity index (χ3n) is 4.82. The minimum atomic E-state index is 0.0538. The molecule has 1 aliphatic rings. The van der Waals surface area contributed by atoms with E-state index in [1.165, 1.54) is 22.3 Å². The Hall–Kier alpha value is -2.48. The van der Waals surface area contributed by atoms with Crippen LogP contribution in [0.4, 0.5) is 5.69 Å². The van der Waals surface area contributed by atoms with Gasteiger partial charge in [0.2, 0.25) is 0 Å². The van der Waals surface area contributed by atoms with E-state index in [0.29, 0.717) is 5.92 Å². The van der Waals surface area contributed by atoms with Crippen LogP contribution >= 0.6 is 0 Å². The maximum absolute atomic E-state index is 4.69. The van der Waals surface area contributed by atoms with E-state index in [0.717, 1.165) is 12.1 Å². The number of allylic oxidation sites excluding steroid dienone is 3. The number of azo groups is 1. The SMILES string of the molecule is CC1=CC(C)=C(CC(N=Nc2ccccc2)c2ccccc2)C1C. The van der Waals surface area contributed by atoms with E-state index in [2.05, 4.69) is 61.3 Å². The molecule has 0 saturated heterocycles. The summed E-state index contributed by atoms with van der Waals surface area (Å²) in [6, 6.07) is 20.5. The van der Waals surface area contributed by atoms with Crippen LogP contribution in [0.25, 0.3) is 0 Å². The highest BCUT2D eigenvalue weighted by Gasteiger charge is 2.23. The molecule has 0 saturated carbocycles. The summed E-state index contributed by atoms with van der Waals surface area (Å²) in [5, 5.41) is 9.17. The van der Waals surface area contributed by atoms with Gasteiger partial charge in [-0.3, -0.25) is 0 Å². The van der Waals surface area contributed by atoms with Crippen LogP contribution in [0.15, 0.2) is 93.7 Å². The molecule has 1 aliphatic carbocycles. The van der Waals surface area contributed by atoms with Crippen LogP contribution in [0.3, 0.4) is 0 Å². The maximum atomic E-state index is 4.69. The van der Waals surface area contributed by atoms with E-state index in [9.17, 15) is 0 Å². The van der Waals surface area contributed by atoms with Crippen molar-refractivity contribution >= 4 is 5.69 Å². The molecule has 0 aliphatic heterocycles. The highest BCUT2D eigenvalue weighted by atomic mass is 15.1. The summed E-state index contributed by atoms with van der Waals surface area (Å²) in [5.74, 6) is 0.503. The second kappa shape index (κ2) is 7.39. The number of benzene rings is 2. The molecule has 0 fully saturated rings. The summed E-state index contributed by atoms with van der Waals surface area (Å²) in [6.07, 6.45) is 3.22. The van der Waals surface area contributed by atoms with Crippen LogP contribution in [0, 0.1) is 5.92 Å². The summed E-state index contributed by atoms with van der Waals surface area (Å²) >= 11 is 0. The molecule has 2 unspecified atom stereocenters. The van der Waals surface area contributed by atoms with Gasteiger partial charge in [-0.25, -0.2) is 0 Å². The Labute approximate surface area is 144 Å². The first-order valence-electron chi connectivity index (χ1n) is 8.54. The van der Waals surface area contributed by atoms with Crippen LogP contribution in [0.1, 0.15) is 38.8 Å². The van der Waals surface area contributed by atoms with E-state index < -0.39 is 0 Å². The number of rotatable bonds is 5. The first-order chi connectivity index (χ1) is 11.6. The molecule has 0 bridgehead atoms. The van der Waals surface area contributed by atoms with Crippen LogP contribution in [-0.4, -0.2) is 0 Å². The Balaban J connectivity index is 1.87. The van der Waals surface area contributed by atoms with Gasteiger partial charge in [-0.1, -0.05) is 78.3 Å². The molecule has 24 heavy (non-hydrogen) atoms. The molecule has 0 aromatic heterocycles. The van der Waals surface area contributed by atoms with Crippen molar-refractivity contribution in [2.45, 2.75) is 33.2 Å². The van der Waals surface area contributed by atoms with Gasteiger partial charge in [-0.15, -0.1) is 0 Å². The van der Waals surface area contributed by atoms with Gasteiger partial charge in [0.15, 0.2) is 0 Å². The predicted octanol–water partition coefficient (Wildman–Crippen LogP) is 6.81. The molecule has 2 aromatic carbocycles. The lowest BCUT2D eigenvalue weighted by molar-refractivity contribution is 0.631. The molecule has 2 heteroatoms. The van der Waals surface area contributed by atoms with Gasteiger partial charge >= 0.3 is 0 Å². The average Bonchev–Trinajstić information content (AvgIpc) is 2.86. The van der Waals surface area contributed by atoms with Gasteiger partial charge < -0.3 is 0 Å². The molecule has 2 aromatic rings. The molecule has 0 amide bonds. The van der Waals surface area contributed by atoms with E-state index in [1.54, 1.807) is 0 Å². The highest BCUT2D eigenvalue weighted by molar-refractivity contribution is 5.41. The van der Waals surface area contributed by atoms with Gasteiger partial charge in [-0.2, -0.15) is 10.2 Å². The second-order valence-corrected chi connectivity index (χ2v) is 6.50. The van der Waals surface area contributed by atoms with Crippen molar-refractivity contribution in [1.82, 2.24) is 0 Å². The molecule has 2 atom stereocenters. The lowest BCUT2D eigenvalue weighted by Gasteiger charge is -2.18. The van der Waals surface area contributed by atoms with Crippen molar-refractivity contribution in [2.75, 3.05) is 0 Å². The van der Waals surface area contributed by atoms with Gasteiger partial charge in [0, 0.05) is 0 Å². The molecule has 0 N–H and O–H groups in total. The van der Waals surface area contributed by atoms with Gasteiger partial charge in [0.05, 0.1) is 11.7 Å². The van der Waals surface area contributed by atoms with E-state index in [4.69, 9.17) is 0 Å². The fraction of sp³-hybridized carbons (Fsp3) is 0.273. The zero-order valence-electron chi connectivity index (χ0n) is 14.6. The largest absolute Gasteiger partial charge is 0.180 e. The number of hydrogen-bond donors (Lipinski definition) is 0. The first-order valence-corrected chi connectivity index (χ1v) is 8.54. The molecule has 3 rings (SSSR count). The van der Waals surface area contributed by atoms with Crippen molar-refractivity contribution in [3.8, 4) is 0 Å². The standard InChI is InChI=1S/C22H24N2/c1-16-14-17(2)21(18(16)3)15-22(19-10-6-4-7-11-19)24-23-20-12-8-5-9-13-20/h4-14,18,22H,15H2,1-3H3. The molecule has 0 spiro atoms. The Morgan fingerprint density at radius 1 is 0.917 bits per heavy atom. The Morgan fingerprint density at radius 3 is 2.12 bits per heavy atom. The normalized spacial score (nSPS) is 19.0. The summed E-state index contributed by atoms with van der Waals surface area (Å²) in [6.45, 7) is 6.71. The topological polar surface area (TPSA) is 24.7 Å². The molecule has 0 heterocycles. The Bertz CT molecular complexity index is 770. The first kappa shape index (κ1) is 16.4. The van der Waals surface area contributed by atoms with Crippen molar-refractivity contribution in [1.29, 1.82) is 0 Å². The second-order valence-electron chi connectivity index (χ2n) is 6.50. The molecular formula is C22H24N2. The maximum Gasteiger partial charge on any atom is 0.0999 e. The third kappa shape index (κ3) is 3.70. The smallest absolute Gasteiger partial charge is 0.0999 e. The summed E-state index contributed by atoms with van der Waals surface area (Å²) in [4.78, 5) is 0. The third-order valence-corrected chi connectivity index (χ3v) is 4.82. The molecule has 2 nitrogen and oxygen atoms in total. The Morgan fingerprint density at radius 2 is 1.54 bits per heavy atom. The van der Waals surface area contributed by atoms with Crippen molar-refractivity contribution in [2.24, 2.45) is 16.1 Å². The average molecular weight is 316 g/mol.